The molecule has 0 saturated carbocycles. The summed E-state index contributed by atoms with van der Waals surface area (Å²) >= 11 is 10.9. The van der Waals surface area contributed by atoms with Gasteiger partial charge < -0.3 is 19.5 Å². The number of carbonyl (C=O) groups is 1. The van der Waals surface area contributed by atoms with Crippen LogP contribution in [0.25, 0.3) is 0 Å². The first-order valence-electron chi connectivity index (χ1n) is 4.92. The second-order valence-electron chi connectivity index (χ2n) is 3.20. The monoisotopic (exact) mass is 293 g/mol. The van der Waals surface area contributed by atoms with E-state index in [1.807, 2.05) is 0 Å². The van der Waals surface area contributed by atoms with E-state index in [0.29, 0.717) is 22.9 Å². The summed E-state index contributed by atoms with van der Waals surface area (Å²) in [6.45, 7) is 0. The van der Waals surface area contributed by atoms with Gasteiger partial charge in [-0.05, 0) is 0 Å². The summed E-state index contributed by atoms with van der Waals surface area (Å²) in [4.78, 5) is 10.2. The molecule has 0 fully saturated rings. The Bertz CT molecular complexity index is 412. The highest BCUT2D eigenvalue weighted by Crippen LogP contribution is 2.39. The van der Waals surface area contributed by atoms with Gasteiger partial charge in [0.05, 0.1) is 21.3 Å². The Morgan fingerprint density at radius 2 is 1.61 bits per heavy atom. The van der Waals surface area contributed by atoms with E-state index in [9.17, 15) is 4.79 Å². The van der Waals surface area contributed by atoms with Crippen molar-refractivity contribution < 1.29 is 19.0 Å². The van der Waals surface area contributed by atoms with E-state index in [1.54, 1.807) is 12.1 Å². The summed E-state index contributed by atoms with van der Waals surface area (Å²) in [6.07, 6.45) is 0. The van der Waals surface area contributed by atoms with E-state index in [-0.39, 0.29) is 0 Å². The molecule has 100 valence electrons. The zero-order chi connectivity index (χ0) is 13.7. The zero-order valence-electron chi connectivity index (χ0n) is 10.1. The number of ether oxygens (including phenoxy) is 3. The standard InChI is InChI=1S/C11H13Cl2NO4/c1-16-7-4-6(14-11(15)10(12)13)5-8(17-2)9(7)18-3/h4-5,10H,1-3H3,(H,14,15). The molecular formula is C11H13Cl2NO4. The van der Waals surface area contributed by atoms with Gasteiger partial charge >= 0.3 is 0 Å². The number of benzene rings is 1. The molecule has 1 aromatic rings. The number of amides is 1. The number of halogens is 2. The molecule has 0 aliphatic heterocycles. The van der Waals surface area contributed by atoms with Crippen LogP contribution in [0.1, 0.15) is 0 Å². The first kappa shape index (κ1) is 14.7. The predicted molar refractivity (Wildman–Crippen MR) is 70.2 cm³/mol. The Hall–Kier alpha value is -1.33. The number of rotatable bonds is 5. The van der Waals surface area contributed by atoms with Gasteiger partial charge in [-0.1, -0.05) is 23.2 Å². The lowest BCUT2D eigenvalue weighted by atomic mass is 10.2. The van der Waals surface area contributed by atoms with Crippen molar-refractivity contribution in [2.75, 3.05) is 26.6 Å². The molecule has 0 atom stereocenters. The third-order valence-corrected chi connectivity index (χ3v) is 2.53. The molecule has 0 spiro atoms. The number of nitrogens with one attached hydrogen (secondary N) is 1. The van der Waals surface area contributed by atoms with E-state index >= 15 is 0 Å². The lowest BCUT2D eigenvalue weighted by Crippen LogP contribution is -2.18. The fraction of sp³-hybridized carbons (Fsp3) is 0.364. The van der Waals surface area contributed by atoms with Gasteiger partial charge in [0.15, 0.2) is 16.3 Å². The number of anilines is 1. The highest BCUT2D eigenvalue weighted by Gasteiger charge is 2.16. The van der Waals surface area contributed by atoms with Crippen molar-refractivity contribution in [2.45, 2.75) is 4.84 Å². The molecule has 0 aliphatic carbocycles. The van der Waals surface area contributed by atoms with Crippen LogP contribution in [-0.4, -0.2) is 32.1 Å². The quantitative estimate of drug-likeness (QED) is 0.847. The summed E-state index contributed by atoms with van der Waals surface area (Å²) in [7, 11) is 4.45. The first-order chi connectivity index (χ1) is 8.53. The Morgan fingerprint density at radius 3 is 1.94 bits per heavy atom. The lowest BCUT2D eigenvalue weighted by molar-refractivity contribution is -0.114. The Morgan fingerprint density at radius 1 is 1.11 bits per heavy atom. The Balaban J connectivity index is 3.11. The molecule has 0 aromatic heterocycles. The minimum Gasteiger partial charge on any atom is -0.493 e. The fourth-order valence-electron chi connectivity index (χ4n) is 1.35. The summed E-state index contributed by atoms with van der Waals surface area (Å²) in [5.74, 6) is 0.750. The minimum absolute atomic E-state index is 0.424. The SMILES string of the molecule is COc1cc(NC(=O)C(Cl)Cl)cc(OC)c1OC. The van der Waals surface area contributed by atoms with Crippen LogP contribution in [0.15, 0.2) is 12.1 Å². The van der Waals surface area contributed by atoms with Gasteiger partial charge in [0.2, 0.25) is 5.75 Å². The topological polar surface area (TPSA) is 56.8 Å². The summed E-state index contributed by atoms with van der Waals surface area (Å²) < 4.78 is 15.4. The van der Waals surface area contributed by atoms with Crippen molar-refractivity contribution in [3.8, 4) is 17.2 Å². The third kappa shape index (κ3) is 3.34. The molecule has 0 bridgehead atoms. The van der Waals surface area contributed by atoms with Crippen molar-refractivity contribution in [1.29, 1.82) is 0 Å². The number of carbonyl (C=O) groups excluding carboxylic acids is 1. The van der Waals surface area contributed by atoms with E-state index < -0.39 is 10.7 Å². The van der Waals surface area contributed by atoms with Gasteiger partial charge in [0.25, 0.3) is 5.91 Å². The largest absolute Gasteiger partial charge is 0.493 e. The van der Waals surface area contributed by atoms with Gasteiger partial charge in [-0.25, -0.2) is 0 Å². The van der Waals surface area contributed by atoms with Crippen LogP contribution < -0.4 is 19.5 Å². The van der Waals surface area contributed by atoms with Crippen LogP contribution in [-0.2, 0) is 4.79 Å². The van der Waals surface area contributed by atoms with E-state index in [4.69, 9.17) is 37.4 Å². The van der Waals surface area contributed by atoms with Crippen LogP contribution in [0.5, 0.6) is 17.2 Å². The van der Waals surface area contributed by atoms with Crippen molar-refractivity contribution in [3.05, 3.63) is 12.1 Å². The van der Waals surface area contributed by atoms with Gasteiger partial charge in [0, 0.05) is 17.8 Å². The Kier molecular flexibility index (Phi) is 5.37. The van der Waals surface area contributed by atoms with Crippen molar-refractivity contribution >= 4 is 34.8 Å². The van der Waals surface area contributed by atoms with Gasteiger partial charge in [0.1, 0.15) is 0 Å². The average molecular weight is 294 g/mol. The van der Waals surface area contributed by atoms with Crippen molar-refractivity contribution in [3.63, 3.8) is 0 Å². The summed E-state index contributed by atoms with van der Waals surface area (Å²) in [5, 5.41) is 2.52. The molecule has 1 aromatic carbocycles. The van der Waals surface area contributed by atoms with Crippen LogP contribution in [0.4, 0.5) is 5.69 Å². The molecule has 5 nitrogen and oxygen atoms in total. The molecular weight excluding hydrogens is 281 g/mol. The normalized spacial score (nSPS) is 10.1. The second-order valence-corrected chi connectivity index (χ2v) is 4.30. The maximum atomic E-state index is 11.4. The smallest absolute Gasteiger partial charge is 0.257 e. The molecule has 0 unspecified atom stereocenters. The van der Waals surface area contributed by atoms with Gasteiger partial charge in [-0.2, -0.15) is 0 Å². The maximum absolute atomic E-state index is 11.4. The van der Waals surface area contributed by atoms with E-state index in [0.717, 1.165) is 0 Å². The number of alkyl halides is 2. The maximum Gasteiger partial charge on any atom is 0.257 e. The summed E-state index contributed by atoms with van der Waals surface area (Å²) in [6, 6.07) is 3.16. The molecule has 0 saturated heterocycles. The highest BCUT2D eigenvalue weighted by molar-refractivity contribution is 6.54. The summed E-state index contributed by atoms with van der Waals surface area (Å²) in [5.41, 5.74) is 0.445. The average Bonchev–Trinajstić information content (AvgIpc) is 2.37. The number of methoxy groups -OCH3 is 3. The number of hydrogen-bond donors (Lipinski definition) is 1. The van der Waals surface area contributed by atoms with Crippen molar-refractivity contribution in [2.24, 2.45) is 0 Å². The second kappa shape index (κ2) is 6.56. The molecule has 0 heterocycles. The molecule has 1 amide bonds. The highest BCUT2D eigenvalue weighted by atomic mass is 35.5. The fourth-order valence-corrected chi connectivity index (χ4v) is 1.46. The third-order valence-electron chi connectivity index (χ3n) is 2.13. The molecule has 1 rings (SSSR count). The van der Waals surface area contributed by atoms with Crippen LogP contribution >= 0.6 is 23.2 Å². The number of hydrogen-bond acceptors (Lipinski definition) is 4. The predicted octanol–water partition coefficient (Wildman–Crippen LogP) is 2.45. The van der Waals surface area contributed by atoms with Gasteiger partial charge in [-0.3, -0.25) is 4.79 Å². The van der Waals surface area contributed by atoms with E-state index in [2.05, 4.69) is 5.32 Å². The lowest BCUT2D eigenvalue weighted by Gasteiger charge is -2.14. The molecule has 0 aliphatic rings. The molecule has 7 heteroatoms. The van der Waals surface area contributed by atoms with Crippen LogP contribution in [0.3, 0.4) is 0 Å². The molecule has 1 N–H and O–H groups in total. The van der Waals surface area contributed by atoms with E-state index in [1.165, 1.54) is 21.3 Å². The first-order valence-corrected chi connectivity index (χ1v) is 5.79. The van der Waals surface area contributed by atoms with Crippen molar-refractivity contribution in [1.82, 2.24) is 0 Å². The molecule has 0 radical (unpaired) electrons. The van der Waals surface area contributed by atoms with Crippen LogP contribution in [0, 0.1) is 0 Å². The van der Waals surface area contributed by atoms with Crippen LogP contribution in [0.2, 0.25) is 0 Å². The zero-order valence-corrected chi connectivity index (χ0v) is 11.6. The molecule has 18 heavy (non-hydrogen) atoms. The van der Waals surface area contributed by atoms with Gasteiger partial charge in [-0.15, -0.1) is 0 Å². The minimum atomic E-state index is -1.15. The Labute approximate surface area is 115 Å².